The van der Waals surface area contributed by atoms with Gasteiger partial charge in [0.15, 0.2) is 6.29 Å². The smallest absolute Gasteiger partial charge is 0.338 e. The molecule has 3 nitrogen and oxygen atoms in total. The summed E-state index contributed by atoms with van der Waals surface area (Å²) in [4.78, 5) is 21.6. The summed E-state index contributed by atoms with van der Waals surface area (Å²) in [6.45, 7) is 0. The summed E-state index contributed by atoms with van der Waals surface area (Å²) in [6.07, 6.45) is 0.414. The largest absolute Gasteiger partial charge is 0.465 e. The molecule has 0 unspecified atom stereocenters. The number of halogens is 2. The maximum absolute atomic E-state index is 12.9. The lowest BCUT2D eigenvalue weighted by atomic mass is 10.1. The number of aldehydes is 1. The second-order valence-corrected chi connectivity index (χ2v) is 2.87. The van der Waals surface area contributed by atoms with Crippen molar-refractivity contribution in [3.05, 3.63) is 34.1 Å². The van der Waals surface area contributed by atoms with E-state index in [1.165, 1.54) is 0 Å². The number of carbonyl (C=O) groups excluding carboxylic acids is 2. The van der Waals surface area contributed by atoms with Crippen LogP contribution in [0.4, 0.5) is 4.39 Å². The van der Waals surface area contributed by atoms with Crippen molar-refractivity contribution in [3.63, 3.8) is 0 Å². The van der Waals surface area contributed by atoms with Gasteiger partial charge < -0.3 is 4.74 Å². The van der Waals surface area contributed by atoms with Gasteiger partial charge in [-0.25, -0.2) is 9.18 Å². The molecule has 1 aromatic carbocycles. The second kappa shape index (κ2) is 4.19. The minimum absolute atomic E-state index is 0.00301. The zero-order valence-corrected chi connectivity index (χ0v) is 7.97. The fourth-order valence-corrected chi connectivity index (χ4v) is 1.12. The van der Waals surface area contributed by atoms with Crippen molar-refractivity contribution in [3.8, 4) is 0 Å². The van der Waals surface area contributed by atoms with E-state index >= 15 is 0 Å². The van der Waals surface area contributed by atoms with Gasteiger partial charge in [0.05, 0.1) is 17.7 Å². The highest BCUT2D eigenvalue weighted by molar-refractivity contribution is 6.31. The summed E-state index contributed by atoms with van der Waals surface area (Å²) >= 11 is 5.43. The van der Waals surface area contributed by atoms with Crippen molar-refractivity contribution in [1.82, 2.24) is 0 Å². The van der Waals surface area contributed by atoms with Crippen LogP contribution in [0.3, 0.4) is 0 Å². The third-order valence-electron chi connectivity index (χ3n) is 1.62. The summed E-state index contributed by atoms with van der Waals surface area (Å²) in [5, 5.41) is -0.209. The van der Waals surface area contributed by atoms with Crippen molar-refractivity contribution in [1.29, 1.82) is 0 Å². The Balaban J connectivity index is 3.34. The predicted molar refractivity (Wildman–Crippen MR) is 48.1 cm³/mol. The molecule has 0 amide bonds. The molecule has 1 rings (SSSR count). The molecule has 0 saturated heterocycles. The van der Waals surface area contributed by atoms with Crippen LogP contribution >= 0.6 is 11.6 Å². The Morgan fingerprint density at radius 1 is 1.57 bits per heavy atom. The monoisotopic (exact) mass is 216 g/mol. The first-order valence-electron chi connectivity index (χ1n) is 3.62. The molecule has 0 bridgehead atoms. The molecule has 0 aliphatic carbocycles. The van der Waals surface area contributed by atoms with E-state index in [0.717, 1.165) is 19.2 Å². The molecule has 0 N–H and O–H groups in total. The number of hydrogen-bond donors (Lipinski definition) is 0. The number of methoxy groups -OCH3 is 1. The van der Waals surface area contributed by atoms with Gasteiger partial charge in [-0.1, -0.05) is 11.6 Å². The quantitative estimate of drug-likeness (QED) is 0.562. The van der Waals surface area contributed by atoms with Gasteiger partial charge in [0.25, 0.3) is 0 Å². The van der Waals surface area contributed by atoms with Crippen LogP contribution in [-0.2, 0) is 4.74 Å². The first-order chi connectivity index (χ1) is 6.60. The maximum Gasteiger partial charge on any atom is 0.338 e. The predicted octanol–water partition coefficient (Wildman–Crippen LogP) is 2.08. The lowest BCUT2D eigenvalue weighted by molar-refractivity contribution is 0.0598. The van der Waals surface area contributed by atoms with Gasteiger partial charge in [0.2, 0.25) is 0 Å². The third-order valence-corrected chi connectivity index (χ3v) is 1.91. The van der Waals surface area contributed by atoms with E-state index in [1.54, 1.807) is 0 Å². The minimum Gasteiger partial charge on any atom is -0.465 e. The Morgan fingerprint density at radius 2 is 2.21 bits per heavy atom. The topological polar surface area (TPSA) is 43.4 Å². The second-order valence-electron chi connectivity index (χ2n) is 2.46. The van der Waals surface area contributed by atoms with Crippen molar-refractivity contribution in [2.75, 3.05) is 7.11 Å². The van der Waals surface area contributed by atoms with Crippen LogP contribution in [0.15, 0.2) is 12.1 Å². The standard InChI is InChI=1S/C9H6ClFO3/c1-14-9(13)6-3-8(11)7(10)2-5(6)4-12/h2-4H,1H3. The van der Waals surface area contributed by atoms with Crippen molar-refractivity contribution >= 4 is 23.9 Å². The maximum atomic E-state index is 12.9. The van der Waals surface area contributed by atoms with Crippen LogP contribution in [0.25, 0.3) is 0 Å². The van der Waals surface area contributed by atoms with Gasteiger partial charge in [-0.15, -0.1) is 0 Å². The Kier molecular flexibility index (Phi) is 3.19. The number of rotatable bonds is 2. The molecule has 0 aliphatic heterocycles. The Hall–Kier alpha value is -1.42. The number of esters is 1. The first kappa shape index (κ1) is 10.7. The SMILES string of the molecule is COC(=O)c1cc(F)c(Cl)cc1C=O. The van der Waals surface area contributed by atoms with Crippen LogP contribution in [-0.4, -0.2) is 19.4 Å². The summed E-state index contributed by atoms with van der Waals surface area (Å²) in [7, 11) is 1.14. The summed E-state index contributed by atoms with van der Waals surface area (Å²) < 4.78 is 17.3. The normalized spacial score (nSPS) is 9.64. The summed E-state index contributed by atoms with van der Waals surface area (Å²) in [6, 6.07) is 1.95. The van der Waals surface area contributed by atoms with Crippen molar-refractivity contribution in [2.45, 2.75) is 0 Å². The van der Waals surface area contributed by atoms with Crippen LogP contribution in [0.2, 0.25) is 5.02 Å². The van der Waals surface area contributed by atoms with E-state index in [0.29, 0.717) is 6.29 Å². The third kappa shape index (κ3) is 1.90. The number of ether oxygens (including phenoxy) is 1. The fraction of sp³-hybridized carbons (Fsp3) is 0.111. The van der Waals surface area contributed by atoms with Crippen molar-refractivity contribution < 1.29 is 18.7 Å². The highest BCUT2D eigenvalue weighted by atomic mass is 35.5. The molecule has 0 fully saturated rings. The van der Waals surface area contributed by atoms with Crippen molar-refractivity contribution in [2.24, 2.45) is 0 Å². The molecule has 1 aromatic rings. The molecule has 5 heteroatoms. The van der Waals surface area contributed by atoms with Gasteiger partial charge in [0.1, 0.15) is 5.82 Å². The summed E-state index contributed by atoms with van der Waals surface area (Å²) in [5.41, 5.74) is -0.132. The minimum atomic E-state index is -0.775. The Labute approximate surface area is 84.4 Å². The number of hydrogen-bond acceptors (Lipinski definition) is 3. The van der Waals surface area contributed by atoms with E-state index in [4.69, 9.17) is 11.6 Å². The van der Waals surface area contributed by atoms with Gasteiger partial charge in [-0.05, 0) is 12.1 Å². The fourth-order valence-electron chi connectivity index (χ4n) is 0.946. The summed E-state index contributed by atoms with van der Waals surface area (Å²) in [5.74, 6) is -1.54. The average Bonchev–Trinajstić information content (AvgIpc) is 2.20. The highest BCUT2D eigenvalue weighted by Gasteiger charge is 2.14. The van der Waals surface area contributed by atoms with Crippen LogP contribution in [0.1, 0.15) is 20.7 Å². The molecular formula is C9H6ClFO3. The molecule has 0 atom stereocenters. The Morgan fingerprint density at radius 3 is 2.71 bits per heavy atom. The molecule has 0 saturated carbocycles. The van der Waals surface area contributed by atoms with Gasteiger partial charge in [-0.2, -0.15) is 0 Å². The first-order valence-corrected chi connectivity index (χ1v) is 4.00. The molecule has 0 aliphatic rings. The molecule has 0 aromatic heterocycles. The molecule has 74 valence electrons. The highest BCUT2D eigenvalue weighted by Crippen LogP contribution is 2.19. The van der Waals surface area contributed by atoms with Gasteiger partial charge in [0, 0.05) is 5.56 Å². The lowest BCUT2D eigenvalue weighted by Gasteiger charge is -2.03. The molecular weight excluding hydrogens is 211 g/mol. The van der Waals surface area contributed by atoms with Crippen LogP contribution < -0.4 is 0 Å². The molecule has 0 spiro atoms. The van der Waals surface area contributed by atoms with E-state index in [2.05, 4.69) is 4.74 Å². The van der Waals surface area contributed by atoms with E-state index in [1.807, 2.05) is 0 Å². The van der Waals surface area contributed by atoms with E-state index < -0.39 is 11.8 Å². The van der Waals surface area contributed by atoms with Gasteiger partial charge in [-0.3, -0.25) is 4.79 Å². The van der Waals surface area contributed by atoms with Crippen LogP contribution in [0, 0.1) is 5.82 Å². The molecule has 0 radical (unpaired) electrons. The van der Waals surface area contributed by atoms with Gasteiger partial charge >= 0.3 is 5.97 Å². The van der Waals surface area contributed by atoms with Crippen LogP contribution in [0.5, 0.6) is 0 Å². The Bertz CT molecular complexity index is 390. The molecule has 0 heterocycles. The average molecular weight is 217 g/mol. The number of benzene rings is 1. The van der Waals surface area contributed by atoms with E-state index in [9.17, 15) is 14.0 Å². The lowest BCUT2D eigenvalue weighted by Crippen LogP contribution is -2.06. The number of carbonyl (C=O) groups is 2. The zero-order valence-electron chi connectivity index (χ0n) is 7.21. The molecule has 14 heavy (non-hydrogen) atoms. The van der Waals surface area contributed by atoms with E-state index in [-0.39, 0.29) is 16.1 Å². The zero-order chi connectivity index (χ0) is 10.7.